The van der Waals surface area contributed by atoms with Gasteiger partial charge in [0.15, 0.2) is 11.5 Å². The van der Waals surface area contributed by atoms with Gasteiger partial charge in [0.25, 0.3) is 0 Å². The van der Waals surface area contributed by atoms with Crippen molar-refractivity contribution in [1.29, 1.82) is 5.26 Å². The molecule has 0 bridgehead atoms. The van der Waals surface area contributed by atoms with Crippen molar-refractivity contribution in [2.75, 3.05) is 12.8 Å². The second-order valence-electron chi connectivity index (χ2n) is 4.12. The molecule has 0 saturated heterocycles. The summed E-state index contributed by atoms with van der Waals surface area (Å²) in [5.41, 5.74) is 6.92. The predicted octanol–water partition coefficient (Wildman–Crippen LogP) is 2.87. The van der Waals surface area contributed by atoms with Gasteiger partial charge >= 0.3 is 0 Å². The highest BCUT2D eigenvalue weighted by Gasteiger charge is 2.07. The lowest BCUT2D eigenvalue weighted by Crippen LogP contribution is -1.99. The Morgan fingerprint density at radius 2 is 2.00 bits per heavy atom. The number of halogens is 1. The molecular weight excluding hydrogens is 259 g/mol. The molecule has 0 heterocycles. The van der Waals surface area contributed by atoms with Gasteiger partial charge in [0.2, 0.25) is 0 Å². The number of nitrogen functional groups attached to an aromatic ring is 1. The molecular formula is C15H13FN2O2. The molecule has 2 N–H and O–H groups in total. The van der Waals surface area contributed by atoms with Gasteiger partial charge in [-0.15, -0.1) is 0 Å². The van der Waals surface area contributed by atoms with Crippen molar-refractivity contribution < 1.29 is 13.9 Å². The number of hydrogen-bond donors (Lipinski definition) is 1. The monoisotopic (exact) mass is 272 g/mol. The minimum absolute atomic E-state index is 0.00867. The van der Waals surface area contributed by atoms with Gasteiger partial charge in [0.05, 0.1) is 12.7 Å². The molecule has 20 heavy (non-hydrogen) atoms. The van der Waals surface area contributed by atoms with Crippen LogP contribution in [0, 0.1) is 17.1 Å². The zero-order chi connectivity index (χ0) is 14.5. The number of nitriles is 1. The van der Waals surface area contributed by atoms with Gasteiger partial charge in [-0.1, -0.05) is 6.07 Å². The third kappa shape index (κ3) is 2.98. The van der Waals surface area contributed by atoms with Crippen LogP contribution in [0.4, 0.5) is 10.1 Å². The maximum absolute atomic E-state index is 13.2. The van der Waals surface area contributed by atoms with Crippen molar-refractivity contribution in [1.82, 2.24) is 0 Å². The number of benzene rings is 2. The minimum Gasteiger partial charge on any atom is -0.493 e. The lowest BCUT2D eigenvalue weighted by Gasteiger charge is -2.11. The largest absolute Gasteiger partial charge is 0.493 e. The van der Waals surface area contributed by atoms with E-state index in [0.29, 0.717) is 22.7 Å². The molecule has 0 amide bonds. The molecule has 0 aliphatic rings. The fourth-order valence-corrected chi connectivity index (χ4v) is 1.72. The van der Waals surface area contributed by atoms with E-state index in [2.05, 4.69) is 0 Å². The molecule has 0 unspecified atom stereocenters. The summed E-state index contributed by atoms with van der Waals surface area (Å²) in [4.78, 5) is 0. The first-order valence-corrected chi connectivity index (χ1v) is 5.89. The lowest BCUT2D eigenvalue weighted by atomic mass is 10.1. The molecule has 102 valence electrons. The standard InChI is InChI=1S/C15H13FN2O2/c1-19-14-5-3-12(18)7-15(14)20-9-10-2-4-13(16)11(6-10)8-17/h2-7H,9,18H2,1H3. The lowest BCUT2D eigenvalue weighted by molar-refractivity contribution is 0.284. The Labute approximate surface area is 116 Å². The van der Waals surface area contributed by atoms with Crippen LogP contribution in [-0.4, -0.2) is 7.11 Å². The Kier molecular flexibility index (Phi) is 4.06. The SMILES string of the molecule is COc1ccc(N)cc1OCc1ccc(F)c(C#N)c1. The summed E-state index contributed by atoms with van der Waals surface area (Å²) < 4.78 is 24.0. The molecule has 0 atom stereocenters. The first-order valence-electron chi connectivity index (χ1n) is 5.89. The molecule has 2 rings (SSSR count). The summed E-state index contributed by atoms with van der Waals surface area (Å²) in [6.07, 6.45) is 0. The Morgan fingerprint density at radius 3 is 2.70 bits per heavy atom. The van der Waals surface area contributed by atoms with Crippen LogP contribution in [0.15, 0.2) is 36.4 Å². The molecule has 2 aromatic rings. The Balaban J connectivity index is 2.17. The third-order valence-electron chi connectivity index (χ3n) is 2.73. The zero-order valence-electron chi connectivity index (χ0n) is 10.9. The van der Waals surface area contributed by atoms with Gasteiger partial charge in [0.1, 0.15) is 18.5 Å². The number of rotatable bonds is 4. The van der Waals surface area contributed by atoms with Gasteiger partial charge < -0.3 is 15.2 Å². The zero-order valence-corrected chi connectivity index (χ0v) is 10.9. The molecule has 0 spiro atoms. The van der Waals surface area contributed by atoms with Crippen LogP contribution in [0.5, 0.6) is 11.5 Å². The van der Waals surface area contributed by atoms with Crippen LogP contribution in [0.3, 0.4) is 0 Å². The van der Waals surface area contributed by atoms with Crippen LogP contribution >= 0.6 is 0 Å². The molecule has 0 fully saturated rings. The number of ether oxygens (including phenoxy) is 2. The smallest absolute Gasteiger partial charge is 0.163 e. The van der Waals surface area contributed by atoms with E-state index in [9.17, 15) is 4.39 Å². The van der Waals surface area contributed by atoms with Crippen LogP contribution in [-0.2, 0) is 6.61 Å². The predicted molar refractivity (Wildman–Crippen MR) is 72.9 cm³/mol. The highest BCUT2D eigenvalue weighted by Crippen LogP contribution is 2.29. The molecule has 0 aliphatic heterocycles. The van der Waals surface area contributed by atoms with Gasteiger partial charge in [-0.3, -0.25) is 0 Å². The molecule has 0 saturated carbocycles. The summed E-state index contributed by atoms with van der Waals surface area (Å²) in [7, 11) is 1.53. The summed E-state index contributed by atoms with van der Waals surface area (Å²) in [5.74, 6) is 0.509. The van der Waals surface area contributed by atoms with E-state index in [-0.39, 0.29) is 12.2 Å². The first kappa shape index (κ1) is 13.7. The van der Waals surface area contributed by atoms with Crippen molar-refractivity contribution in [3.8, 4) is 17.6 Å². The van der Waals surface area contributed by atoms with E-state index < -0.39 is 5.82 Å². The fourth-order valence-electron chi connectivity index (χ4n) is 1.72. The first-order chi connectivity index (χ1) is 9.63. The molecule has 0 aliphatic carbocycles. The van der Waals surface area contributed by atoms with E-state index in [1.807, 2.05) is 0 Å². The summed E-state index contributed by atoms with van der Waals surface area (Å²) >= 11 is 0. The number of nitrogens with two attached hydrogens (primary N) is 1. The number of anilines is 1. The molecule has 4 nitrogen and oxygen atoms in total. The summed E-state index contributed by atoms with van der Waals surface area (Å²) in [6.45, 7) is 0.189. The Morgan fingerprint density at radius 1 is 1.20 bits per heavy atom. The van der Waals surface area contributed by atoms with Crippen molar-refractivity contribution >= 4 is 5.69 Å². The van der Waals surface area contributed by atoms with Crippen molar-refractivity contribution in [3.63, 3.8) is 0 Å². The van der Waals surface area contributed by atoms with Crippen molar-refractivity contribution in [3.05, 3.63) is 53.3 Å². The van der Waals surface area contributed by atoms with E-state index in [0.717, 1.165) is 0 Å². The van der Waals surface area contributed by atoms with E-state index in [4.69, 9.17) is 20.5 Å². The fraction of sp³-hybridized carbons (Fsp3) is 0.133. The minimum atomic E-state index is -0.544. The molecule has 5 heteroatoms. The van der Waals surface area contributed by atoms with Crippen LogP contribution in [0.2, 0.25) is 0 Å². The Hall–Kier alpha value is -2.74. The van der Waals surface area contributed by atoms with Crippen LogP contribution in [0.25, 0.3) is 0 Å². The van der Waals surface area contributed by atoms with Gasteiger partial charge in [-0.05, 0) is 29.8 Å². The molecule has 0 aromatic heterocycles. The van der Waals surface area contributed by atoms with E-state index >= 15 is 0 Å². The topological polar surface area (TPSA) is 68.3 Å². The summed E-state index contributed by atoms with van der Waals surface area (Å²) in [6, 6.07) is 11.1. The maximum atomic E-state index is 13.2. The molecule has 2 aromatic carbocycles. The average molecular weight is 272 g/mol. The Bertz CT molecular complexity index is 665. The highest BCUT2D eigenvalue weighted by molar-refractivity contribution is 5.52. The quantitative estimate of drug-likeness (QED) is 0.869. The normalized spacial score (nSPS) is 9.85. The van der Waals surface area contributed by atoms with E-state index in [1.54, 1.807) is 30.3 Å². The van der Waals surface area contributed by atoms with Gasteiger partial charge in [-0.2, -0.15) is 5.26 Å². The average Bonchev–Trinajstić information content (AvgIpc) is 2.46. The van der Waals surface area contributed by atoms with Crippen molar-refractivity contribution in [2.24, 2.45) is 0 Å². The molecule has 0 radical (unpaired) electrons. The number of nitrogens with zero attached hydrogens (tertiary/aromatic N) is 1. The van der Waals surface area contributed by atoms with Crippen LogP contribution < -0.4 is 15.2 Å². The van der Waals surface area contributed by atoms with Gasteiger partial charge in [-0.25, -0.2) is 4.39 Å². The second kappa shape index (κ2) is 5.93. The van der Waals surface area contributed by atoms with Crippen LogP contribution in [0.1, 0.15) is 11.1 Å². The second-order valence-corrected chi connectivity index (χ2v) is 4.12. The van der Waals surface area contributed by atoms with Gasteiger partial charge in [0, 0.05) is 11.8 Å². The van der Waals surface area contributed by atoms with Crippen molar-refractivity contribution in [2.45, 2.75) is 6.61 Å². The number of methoxy groups -OCH3 is 1. The maximum Gasteiger partial charge on any atom is 0.163 e. The summed E-state index contributed by atoms with van der Waals surface area (Å²) in [5, 5.41) is 8.78. The third-order valence-corrected chi connectivity index (χ3v) is 2.73. The highest BCUT2D eigenvalue weighted by atomic mass is 19.1. The number of hydrogen-bond acceptors (Lipinski definition) is 4. The van der Waals surface area contributed by atoms with E-state index in [1.165, 1.54) is 19.2 Å².